The Morgan fingerprint density at radius 3 is 2.29 bits per heavy atom. The number of hydrogen-bond donors (Lipinski definition) is 1. The minimum Gasteiger partial charge on any atom is -0.481 e. The number of rotatable bonds is 5. The molecule has 0 saturated carbocycles. The van der Waals surface area contributed by atoms with Crippen LogP contribution in [0.25, 0.3) is 0 Å². The van der Waals surface area contributed by atoms with Crippen molar-refractivity contribution in [2.75, 3.05) is 6.61 Å². The van der Waals surface area contributed by atoms with Gasteiger partial charge in [0.1, 0.15) is 0 Å². The normalized spacial score (nSPS) is 13.4. The molecule has 0 saturated heterocycles. The fourth-order valence-corrected chi connectivity index (χ4v) is 1.26. The number of carboxylic acid groups (broad SMARTS) is 1. The number of carbonyl (C=O) groups is 2. The van der Waals surface area contributed by atoms with E-state index in [1.807, 2.05) is 0 Å². The highest BCUT2D eigenvalue weighted by molar-refractivity contribution is 5.77. The fraction of sp³-hybridized carbons (Fsp3) is 0.800. The molecule has 0 aromatic carbocycles. The summed E-state index contributed by atoms with van der Waals surface area (Å²) in [4.78, 5) is 22.0. The highest BCUT2D eigenvalue weighted by Gasteiger charge is 2.32. The van der Waals surface area contributed by atoms with Gasteiger partial charge in [-0.1, -0.05) is 6.92 Å². The van der Waals surface area contributed by atoms with Crippen molar-refractivity contribution in [3.05, 3.63) is 0 Å². The van der Waals surface area contributed by atoms with E-state index in [1.54, 1.807) is 27.7 Å². The van der Waals surface area contributed by atoms with Crippen molar-refractivity contribution < 1.29 is 19.4 Å². The third-order valence-corrected chi connectivity index (χ3v) is 2.07. The van der Waals surface area contributed by atoms with E-state index in [-0.39, 0.29) is 5.97 Å². The number of carboxylic acids is 1. The maximum Gasteiger partial charge on any atom is 0.311 e. The average Bonchev–Trinajstić information content (AvgIpc) is 2.03. The van der Waals surface area contributed by atoms with Gasteiger partial charge >= 0.3 is 11.9 Å². The van der Waals surface area contributed by atoms with Gasteiger partial charge in [-0.15, -0.1) is 0 Å². The summed E-state index contributed by atoms with van der Waals surface area (Å²) in [6, 6.07) is 0. The molecule has 1 N–H and O–H groups in total. The molecule has 0 aliphatic rings. The van der Waals surface area contributed by atoms with Crippen LogP contribution in [0.2, 0.25) is 0 Å². The molecule has 4 heteroatoms. The second-order valence-electron chi connectivity index (χ2n) is 4.05. The molecular formula is C10H18O4. The second kappa shape index (κ2) is 4.98. The van der Waals surface area contributed by atoms with Gasteiger partial charge in [0.25, 0.3) is 0 Å². The zero-order valence-electron chi connectivity index (χ0n) is 9.16. The van der Waals surface area contributed by atoms with Gasteiger partial charge in [0.15, 0.2) is 0 Å². The summed E-state index contributed by atoms with van der Waals surface area (Å²) < 4.78 is 4.86. The molecule has 0 aromatic heterocycles. The lowest BCUT2D eigenvalue weighted by molar-refractivity contribution is -0.155. The third-order valence-electron chi connectivity index (χ3n) is 2.07. The Balaban J connectivity index is 4.32. The molecule has 82 valence electrons. The molecule has 0 bridgehead atoms. The average molecular weight is 202 g/mol. The Morgan fingerprint density at radius 1 is 1.43 bits per heavy atom. The van der Waals surface area contributed by atoms with Gasteiger partial charge in [0, 0.05) is 0 Å². The Bertz CT molecular complexity index is 220. The monoisotopic (exact) mass is 202 g/mol. The lowest BCUT2D eigenvalue weighted by Crippen LogP contribution is -2.30. The van der Waals surface area contributed by atoms with Gasteiger partial charge in [-0.05, 0) is 27.2 Å². The second-order valence-corrected chi connectivity index (χ2v) is 4.05. The van der Waals surface area contributed by atoms with Gasteiger partial charge in [-0.3, -0.25) is 9.59 Å². The topological polar surface area (TPSA) is 63.6 Å². The van der Waals surface area contributed by atoms with E-state index < -0.39 is 17.3 Å². The molecule has 0 rings (SSSR count). The lowest BCUT2D eigenvalue weighted by Gasteiger charge is -2.23. The molecule has 0 fully saturated rings. The summed E-state index contributed by atoms with van der Waals surface area (Å²) >= 11 is 0. The Labute approximate surface area is 84.3 Å². The van der Waals surface area contributed by atoms with E-state index in [0.29, 0.717) is 13.0 Å². The summed E-state index contributed by atoms with van der Waals surface area (Å²) in [5, 5.41) is 8.70. The zero-order chi connectivity index (χ0) is 11.4. The number of aliphatic carboxylic acids is 1. The summed E-state index contributed by atoms with van der Waals surface area (Å²) in [6.45, 7) is 7.04. The van der Waals surface area contributed by atoms with E-state index in [0.717, 1.165) is 0 Å². The maximum absolute atomic E-state index is 11.4. The minimum absolute atomic E-state index is 0.293. The van der Waals surface area contributed by atoms with Crippen LogP contribution >= 0.6 is 0 Å². The van der Waals surface area contributed by atoms with Gasteiger partial charge in [-0.2, -0.15) is 0 Å². The quantitative estimate of drug-likeness (QED) is 0.689. The number of carbonyl (C=O) groups excluding carboxylic acids is 1. The molecule has 0 radical (unpaired) electrons. The first-order valence-electron chi connectivity index (χ1n) is 4.71. The van der Waals surface area contributed by atoms with E-state index in [9.17, 15) is 9.59 Å². The van der Waals surface area contributed by atoms with Crippen molar-refractivity contribution in [1.82, 2.24) is 0 Å². The first-order valence-corrected chi connectivity index (χ1v) is 4.71. The van der Waals surface area contributed by atoms with Gasteiger partial charge in [0.2, 0.25) is 0 Å². The first-order chi connectivity index (χ1) is 6.31. The molecule has 1 atom stereocenters. The Morgan fingerprint density at radius 2 is 1.93 bits per heavy atom. The Hall–Kier alpha value is -1.06. The first kappa shape index (κ1) is 12.9. The minimum atomic E-state index is -0.887. The standard InChI is InChI=1S/C10H18O4/c1-5-14-9(13)10(3,4)6-7(2)8(11)12/h7H,5-6H2,1-4H3,(H,11,12). The summed E-state index contributed by atoms with van der Waals surface area (Å²) in [5.41, 5.74) is -0.728. The zero-order valence-corrected chi connectivity index (χ0v) is 9.16. The van der Waals surface area contributed by atoms with Crippen LogP contribution in [0, 0.1) is 11.3 Å². The van der Waals surface area contributed by atoms with E-state index >= 15 is 0 Å². The van der Waals surface area contributed by atoms with Crippen LogP contribution in [0.5, 0.6) is 0 Å². The molecule has 0 amide bonds. The van der Waals surface area contributed by atoms with E-state index in [4.69, 9.17) is 9.84 Å². The van der Waals surface area contributed by atoms with E-state index in [1.165, 1.54) is 0 Å². The van der Waals surface area contributed by atoms with Crippen LogP contribution in [-0.4, -0.2) is 23.7 Å². The fourth-order valence-electron chi connectivity index (χ4n) is 1.26. The summed E-state index contributed by atoms with van der Waals surface area (Å²) in [5.74, 6) is -1.76. The van der Waals surface area contributed by atoms with Crippen LogP contribution < -0.4 is 0 Å². The van der Waals surface area contributed by atoms with Gasteiger partial charge in [-0.25, -0.2) is 0 Å². The van der Waals surface area contributed by atoms with Crippen molar-refractivity contribution in [3.8, 4) is 0 Å². The van der Waals surface area contributed by atoms with Crippen LogP contribution in [0.4, 0.5) is 0 Å². The predicted molar refractivity (Wildman–Crippen MR) is 51.8 cm³/mol. The molecule has 0 heterocycles. The number of esters is 1. The van der Waals surface area contributed by atoms with Crippen LogP contribution in [0.1, 0.15) is 34.1 Å². The van der Waals surface area contributed by atoms with Gasteiger partial charge in [0.05, 0.1) is 17.9 Å². The predicted octanol–water partition coefficient (Wildman–Crippen LogP) is 1.69. The molecule has 4 nitrogen and oxygen atoms in total. The van der Waals surface area contributed by atoms with E-state index in [2.05, 4.69) is 0 Å². The molecule has 0 aliphatic heterocycles. The Kier molecular flexibility index (Phi) is 4.60. The largest absolute Gasteiger partial charge is 0.481 e. The van der Waals surface area contributed by atoms with Gasteiger partial charge < -0.3 is 9.84 Å². The molecule has 0 aromatic rings. The van der Waals surface area contributed by atoms with Crippen LogP contribution in [0.15, 0.2) is 0 Å². The maximum atomic E-state index is 11.4. The molecular weight excluding hydrogens is 184 g/mol. The van der Waals surface area contributed by atoms with Crippen molar-refractivity contribution >= 4 is 11.9 Å². The lowest BCUT2D eigenvalue weighted by atomic mass is 9.83. The summed E-state index contributed by atoms with van der Waals surface area (Å²) in [6.07, 6.45) is 0.293. The highest BCUT2D eigenvalue weighted by Crippen LogP contribution is 2.27. The summed E-state index contributed by atoms with van der Waals surface area (Å²) in [7, 11) is 0. The smallest absolute Gasteiger partial charge is 0.311 e. The van der Waals surface area contributed by atoms with Crippen molar-refractivity contribution in [1.29, 1.82) is 0 Å². The molecule has 14 heavy (non-hydrogen) atoms. The molecule has 0 aliphatic carbocycles. The van der Waals surface area contributed by atoms with Crippen LogP contribution in [0.3, 0.4) is 0 Å². The molecule has 1 unspecified atom stereocenters. The van der Waals surface area contributed by atoms with Crippen molar-refractivity contribution in [3.63, 3.8) is 0 Å². The van der Waals surface area contributed by atoms with Crippen molar-refractivity contribution in [2.24, 2.45) is 11.3 Å². The number of hydrogen-bond acceptors (Lipinski definition) is 3. The van der Waals surface area contributed by atoms with Crippen LogP contribution in [-0.2, 0) is 14.3 Å². The van der Waals surface area contributed by atoms with Crippen molar-refractivity contribution in [2.45, 2.75) is 34.1 Å². The highest BCUT2D eigenvalue weighted by atomic mass is 16.5. The number of ether oxygens (including phenoxy) is 1. The molecule has 0 spiro atoms. The SMILES string of the molecule is CCOC(=O)C(C)(C)CC(C)C(=O)O. The third kappa shape index (κ3) is 3.77.